The van der Waals surface area contributed by atoms with Gasteiger partial charge in [0.25, 0.3) is 0 Å². The van der Waals surface area contributed by atoms with Crippen molar-refractivity contribution in [2.45, 2.75) is 25.2 Å². The molecule has 4 rings (SSSR count). The third-order valence-corrected chi connectivity index (χ3v) is 6.71. The van der Waals surface area contributed by atoms with Crippen LogP contribution in [0.15, 0.2) is 94.8 Å². The number of aliphatic imine (C=N–C) groups is 1. The summed E-state index contributed by atoms with van der Waals surface area (Å²) in [5, 5.41) is 18.2. The van der Waals surface area contributed by atoms with E-state index in [9.17, 15) is 8.42 Å². The Labute approximate surface area is 239 Å². The molecule has 0 aliphatic heterocycles. The second-order valence-electron chi connectivity index (χ2n) is 8.92. The summed E-state index contributed by atoms with van der Waals surface area (Å²) in [5.74, 6) is 0.756. The minimum Gasteiger partial charge on any atom is -0.356 e. The largest absolute Gasteiger partial charge is 0.356 e. The van der Waals surface area contributed by atoms with Crippen molar-refractivity contribution < 1.29 is 8.42 Å². The van der Waals surface area contributed by atoms with Crippen LogP contribution in [0.1, 0.15) is 17.0 Å². The Morgan fingerprint density at radius 1 is 0.850 bits per heavy atom. The number of thiocarbonyl (C=S) groups is 1. The fraction of sp³-hybridized carbons (Fsp3) is 0.143. The van der Waals surface area contributed by atoms with Gasteiger partial charge >= 0.3 is 0 Å². The molecule has 0 aliphatic rings. The van der Waals surface area contributed by atoms with E-state index in [0.717, 1.165) is 34.0 Å². The van der Waals surface area contributed by atoms with Crippen molar-refractivity contribution in [1.29, 1.82) is 0 Å². The number of aromatic nitrogens is 2. The SMILES string of the molecule is Cc1cc(C)nc(NC(=NCCc2ccc(S(N)(=O)=O)cc2)NC(=S)Nc2ccc(Nc3ccccc3)cc2)n1. The van der Waals surface area contributed by atoms with Crippen LogP contribution in [-0.2, 0) is 16.4 Å². The van der Waals surface area contributed by atoms with Crippen molar-refractivity contribution in [1.82, 2.24) is 15.3 Å². The van der Waals surface area contributed by atoms with E-state index in [2.05, 4.69) is 36.2 Å². The summed E-state index contributed by atoms with van der Waals surface area (Å²) in [4.78, 5) is 13.5. The molecule has 1 aromatic heterocycles. The summed E-state index contributed by atoms with van der Waals surface area (Å²) in [7, 11) is -3.74. The number of sulfonamides is 1. The third kappa shape index (κ3) is 8.83. The number of primary sulfonamides is 1. The Balaban J connectivity index is 1.42. The lowest BCUT2D eigenvalue weighted by Crippen LogP contribution is -2.39. The van der Waals surface area contributed by atoms with Crippen LogP contribution in [0, 0.1) is 13.8 Å². The molecule has 10 nitrogen and oxygen atoms in total. The van der Waals surface area contributed by atoms with E-state index in [1.54, 1.807) is 12.1 Å². The molecule has 0 radical (unpaired) electrons. The van der Waals surface area contributed by atoms with Crippen molar-refractivity contribution in [2.24, 2.45) is 10.1 Å². The van der Waals surface area contributed by atoms with Gasteiger partial charge in [-0.2, -0.15) is 0 Å². The first kappa shape index (κ1) is 28.6. The fourth-order valence-electron chi connectivity index (χ4n) is 3.74. The number of nitrogens with zero attached hydrogens (tertiary/aromatic N) is 3. The van der Waals surface area contributed by atoms with Crippen molar-refractivity contribution in [3.05, 3.63) is 102 Å². The molecule has 0 unspecified atom stereocenters. The average Bonchev–Trinajstić information content (AvgIpc) is 2.89. The molecule has 0 aliphatic carbocycles. The maximum absolute atomic E-state index is 11.5. The topological polar surface area (TPSA) is 146 Å². The molecule has 40 heavy (non-hydrogen) atoms. The van der Waals surface area contributed by atoms with E-state index in [0.29, 0.717) is 30.0 Å². The zero-order chi connectivity index (χ0) is 28.5. The number of hydrogen-bond donors (Lipinski definition) is 5. The molecule has 1 heterocycles. The number of rotatable bonds is 8. The van der Waals surface area contributed by atoms with Gasteiger partial charge in [-0.25, -0.2) is 23.5 Å². The molecule has 0 atom stereocenters. The van der Waals surface area contributed by atoms with Gasteiger partial charge in [-0.05, 0) is 92.6 Å². The van der Waals surface area contributed by atoms with E-state index in [-0.39, 0.29) is 4.90 Å². The highest BCUT2D eigenvalue weighted by Gasteiger charge is 2.09. The van der Waals surface area contributed by atoms with E-state index in [1.807, 2.05) is 74.5 Å². The second-order valence-corrected chi connectivity index (χ2v) is 10.9. The van der Waals surface area contributed by atoms with Crippen LogP contribution in [0.4, 0.5) is 23.0 Å². The van der Waals surface area contributed by atoms with Crippen molar-refractivity contribution in [3.63, 3.8) is 0 Å². The van der Waals surface area contributed by atoms with Gasteiger partial charge in [0.1, 0.15) is 0 Å². The summed E-state index contributed by atoms with van der Waals surface area (Å²) in [6, 6.07) is 25.9. The first-order valence-electron chi connectivity index (χ1n) is 12.4. The summed E-state index contributed by atoms with van der Waals surface area (Å²) in [6.45, 7) is 4.16. The summed E-state index contributed by atoms with van der Waals surface area (Å²) in [5.41, 5.74) is 5.28. The lowest BCUT2D eigenvalue weighted by atomic mass is 10.1. The minimum atomic E-state index is -3.74. The Bertz CT molecular complexity index is 1570. The Hall–Kier alpha value is -4.39. The standard InChI is InChI=1S/C28H30N8O2S2/c1-19-18-20(2)32-27(31-19)35-26(30-17-16-21-8-14-25(15-9-21)40(29,37)38)36-28(39)34-24-12-10-23(11-13-24)33-22-6-4-3-5-7-22/h3-15,18,33H,16-17H2,1-2H3,(H2,29,37,38)(H3,30,31,32,34,35,36,39). The smallest absolute Gasteiger partial charge is 0.238 e. The lowest BCUT2D eigenvalue weighted by molar-refractivity contribution is 0.598. The highest BCUT2D eigenvalue weighted by atomic mass is 32.2. The lowest BCUT2D eigenvalue weighted by Gasteiger charge is -2.15. The van der Waals surface area contributed by atoms with Crippen molar-refractivity contribution in [3.8, 4) is 0 Å². The Morgan fingerprint density at radius 3 is 2.08 bits per heavy atom. The van der Waals surface area contributed by atoms with Gasteiger partial charge in [-0.1, -0.05) is 30.3 Å². The third-order valence-electron chi connectivity index (χ3n) is 5.57. The molecule has 0 saturated carbocycles. The summed E-state index contributed by atoms with van der Waals surface area (Å²) >= 11 is 5.54. The zero-order valence-electron chi connectivity index (χ0n) is 22.0. The van der Waals surface area contributed by atoms with Gasteiger partial charge in [0.2, 0.25) is 21.9 Å². The van der Waals surface area contributed by atoms with E-state index < -0.39 is 10.0 Å². The normalized spacial score (nSPS) is 11.5. The number of hydrogen-bond acceptors (Lipinski definition) is 7. The van der Waals surface area contributed by atoms with E-state index >= 15 is 0 Å². The first-order valence-corrected chi connectivity index (χ1v) is 14.4. The van der Waals surface area contributed by atoms with Crippen LogP contribution in [0.2, 0.25) is 0 Å². The van der Waals surface area contributed by atoms with Gasteiger partial charge in [-0.15, -0.1) is 0 Å². The molecule has 12 heteroatoms. The maximum Gasteiger partial charge on any atom is 0.238 e. The molecule has 206 valence electrons. The predicted molar refractivity (Wildman–Crippen MR) is 164 cm³/mol. The fourth-order valence-corrected chi connectivity index (χ4v) is 4.47. The number of para-hydroxylation sites is 1. The zero-order valence-corrected chi connectivity index (χ0v) is 23.7. The molecule has 0 bridgehead atoms. The molecule has 0 saturated heterocycles. The highest BCUT2D eigenvalue weighted by Crippen LogP contribution is 2.18. The van der Waals surface area contributed by atoms with E-state index in [1.165, 1.54) is 12.1 Å². The number of nitrogens with two attached hydrogens (primary N) is 1. The molecular weight excluding hydrogens is 544 g/mol. The summed E-state index contributed by atoms with van der Waals surface area (Å²) in [6.07, 6.45) is 0.557. The molecular formula is C28H30N8O2S2. The Kier molecular flexibility index (Phi) is 9.38. The van der Waals surface area contributed by atoms with E-state index in [4.69, 9.17) is 17.4 Å². The van der Waals surface area contributed by atoms with Gasteiger partial charge in [0.15, 0.2) is 5.11 Å². The summed E-state index contributed by atoms with van der Waals surface area (Å²) < 4.78 is 23.0. The number of guanidine groups is 1. The quantitative estimate of drug-likeness (QED) is 0.117. The van der Waals surface area contributed by atoms with Gasteiger partial charge in [0, 0.05) is 35.0 Å². The van der Waals surface area contributed by atoms with Crippen LogP contribution in [0.25, 0.3) is 0 Å². The highest BCUT2D eigenvalue weighted by molar-refractivity contribution is 7.89. The van der Waals surface area contributed by atoms with Gasteiger partial charge in [-0.3, -0.25) is 10.3 Å². The second kappa shape index (κ2) is 13.1. The van der Waals surface area contributed by atoms with Crippen LogP contribution >= 0.6 is 12.2 Å². The van der Waals surface area contributed by atoms with Crippen LogP contribution in [0.5, 0.6) is 0 Å². The maximum atomic E-state index is 11.5. The number of benzene rings is 3. The monoisotopic (exact) mass is 574 g/mol. The number of nitrogens with one attached hydrogen (secondary N) is 4. The molecule has 0 fully saturated rings. The van der Waals surface area contributed by atoms with Crippen molar-refractivity contribution >= 4 is 56.3 Å². The molecule has 3 aromatic carbocycles. The first-order chi connectivity index (χ1) is 19.1. The van der Waals surface area contributed by atoms with Crippen LogP contribution < -0.4 is 26.4 Å². The molecule has 6 N–H and O–H groups in total. The number of aryl methyl sites for hydroxylation is 2. The van der Waals surface area contributed by atoms with Gasteiger partial charge in [0.05, 0.1) is 4.90 Å². The van der Waals surface area contributed by atoms with Gasteiger partial charge < -0.3 is 16.0 Å². The average molecular weight is 575 g/mol. The van der Waals surface area contributed by atoms with Crippen molar-refractivity contribution in [2.75, 3.05) is 22.5 Å². The molecule has 0 amide bonds. The van der Waals surface area contributed by atoms with Crippen LogP contribution in [-0.4, -0.2) is 36.0 Å². The predicted octanol–water partition coefficient (Wildman–Crippen LogP) is 4.48. The molecule has 0 spiro atoms. The number of anilines is 4. The minimum absolute atomic E-state index is 0.0658. The molecule has 4 aromatic rings. The van der Waals surface area contributed by atoms with Crippen LogP contribution in [0.3, 0.4) is 0 Å². The Morgan fingerprint density at radius 2 is 1.45 bits per heavy atom.